The van der Waals surface area contributed by atoms with Crippen molar-refractivity contribution in [3.05, 3.63) is 27.4 Å². The number of amides is 2. The SMILES string of the molecule is CCCCc1nnc(NC(=O)CC(NC(C)=O)c2cccs2)s1. The van der Waals surface area contributed by atoms with Gasteiger partial charge in [-0.05, 0) is 17.9 Å². The number of unbranched alkanes of at least 4 members (excludes halogenated alkanes) is 1. The van der Waals surface area contributed by atoms with Crippen LogP contribution in [0.2, 0.25) is 0 Å². The number of thiophene rings is 1. The van der Waals surface area contributed by atoms with E-state index in [9.17, 15) is 9.59 Å². The number of anilines is 1. The normalized spacial score (nSPS) is 11.9. The summed E-state index contributed by atoms with van der Waals surface area (Å²) in [5, 5.41) is 17.0. The molecule has 0 spiro atoms. The summed E-state index contributed by atoms with van der Waals surface area (Å²) in [4.78, 5) is 24.5. The standard InChI is InChI=1S/C15H20N4O2S2/c1-3-4-7-14-18-19-15(23-14)17-13(21)9-11(16-10(2)20)12-6-5-8-22-12/h5-6,8,11H,3-4,7,9H2,1-2H3,(H,16,20)(H,17,19,21). The number of hydrogen-bond acceptors (Lipinski definition) is 6. The lowest BCUT2D eigenvalue weighted by Gasteiger charge is -2.15. The monoisotopic (exact) mass is 352 g/mol. The third kappa shape index (κ3) is 5.72. The van der Waals surface area contributed by atoms with Crippen LogP contribution in [0, 0.1) is 0 Å². The summed E-state index contributed by atoms with van der Waals surface area (Å²) in [6, 6.07) is 3.49. The Balaban J connectivity index is 1.93. The molecular formula is C15H20N4O2S2. The van der Waals surface area contributed by atoms with Crippen molar-refractivity contribution in [3.63, 3.8) is 0 Å². The van der Waals surface area contributed by atoms with Crippen LogP contribution in [-0.4, -0.2) is 22.0 Å². The predicted octanol–water partition coefficient (Wildman–Crippen LogP) is 3.15. The van der Waals surface area contributed by atoms with E-state index in [1.165, 1.54) is 29.6 Å². The van der Waals surface area contributed by atoms with Crippen LogP contribution >= 0.6 is 22.7 Å². The second-order valence-electron chi connectivity index (χ2n) is 5.13. The topological polar surface area (TPSA) is 84.0 Å². The zero-order chi connectivity index (χ0) is 16.7. The minimum absolute atomic E-state index is 0.158. The number of carbonyl (C=O) groups excluding carboxylic acids is 2. The fourth-order valence-corrected chi connectivity index (χ4v) is 3.62. The molecule has 0 aliphatic rings. The molecule has 2 amide bonds. The second-order valence-corrected chi connectivity index (χ2v) is 7.17. The summed E-state index contributed by atoms with van der Waals surface area (Å²) in [6.45, 7) is 3.57. The molecule has 2 N–H and O–H groups in total. The molecule has 124 valence electrons. The number of rotatable bonds is 8. The number of hydrogen-bond donors (Lipinski definition) is 2. The van der Waals surface area contributed by atoms with Crippen molar-refractivity contribution < 1.29 is 9.59 Å². The van der Waals surface area contributed by atoms with Gasteiger partial charge in [0.15, 0.2) is 0 Å². The van der Waals surface area contributed by atoms with E-state index in [2.05, 4.69) is 27.8 Å². The van der Waals surface area contributed by atoms with Crippen LogP contribution in [0.15, 0.2) is 17.5 Å². The lowest BCUT2D eigenvalue weighted by molar-refractivity contribution is -0.120. The molecule has 0 aliphatic heterocycles. The molecule has 8 heteroatoms. The Morgan fingerprint density at radius 1 is 1.35 bits per heavy atom. The molecule has 0 radical (unpaired) electrons. The van der Waals surface area contributed by atoms with Crippen molar-refractivity contribution >= 4 is 39.6 Å². The molecule has 2 aromatic heterocycles. The number of nitrogens with zero attached hydrogens (tertiary/aromatic N) is 2. The van der Waals surface area contributed by atoms with Gasteiger partial charge in [0.25, 0.3) is 0 Å². The summed E-state index contributed by atoms with van der Waals surface area (Å²) in [7, 11) is 0. The Labute approximate surface area is 143 Å². The highest BCUT2D eigenvalue weighted by Crippen LogP contribution is 2.23. The Bertz CT molecular complexity index is 640. The van der Waals surface area contributed by atoms with Crippen LogP contribution in [0.25, 0.3) is 0 Å². The van der Waals surface area contributed by atoms with Crippen molar-refractivity contribution in [3.8, 4) is 0 Å². The van der Waals surface area contributed by atoms with Gasteiger partial charge in [0.1, 0.15) is 5.01 Å². The predicted molar refractivity (Wildman–Crippen MR) is 92.6 cm³/mol. The van der Waals surface area contributed by atoms with Crippen LogP contribution in [-0.2, 0) is 16.0 Å². The van der Waals surface area contributed by atoms with Crippen LogP contribution in [0.1, 0.15) is 49.0 Å². The molecular weight excluding hydrogens is 332 g/mol. The molecule has 0 aromatic carbocycles. The average Bonchev–Trinajstić information content (AvgIpc) is 3.15. The lowest BCUT2D eigenvalue weighted by atomic mass is 10.1. The van der Waals surface area contributed by atoms with E-state index in [-0.39, 0.29) is 24.3 Å². The van der Waals surface area contributed by atoms with Crippen LogP contribution in [0.3, 0.4) is 0 Å². The molecule has 0 fully saturated rings. The summed E-state index contributed by atoms with van der Waals surface area (Å²) in [6.07, 6.45) is 3.21. The molecule has 0 saturated carbocycles. The van der Waals surface area contributed by atoms with E-state index in [4.69, 9.17) is 0 Å². The molecule has 2 aromatic rings. The highest BCUT2D eigenvalue weighted by molar-refractivity contribution is 7.15. The Hall–Kier alpha value is -1.80. The second kappa shape index (κ2) is 8.73. The van der Waals surface area contributed by atoms with Crippen molar-refractivity contribution in [2.24, 2.45) is 0 Å². The van der Waals surface area contributed by atoms with Gasteiger partial charge in [-0.3, -0.25) is 9.59 Å². The van der Waals surface area contributed by atoms with Gasteiger partial charge < -0.3 is 10.6 Å². The van der Waals surface area contributed by atoms with Crippen LogP contribution in [0.5, 0.6) is 0 Å². The number of aryl methyl sites for hydroxylation is 1. The Kier molecular flexibility index (Phi) is 6.66. The molecule has 2 rings (SSSR count). The van der Waals surface area contributed by atoms with E-state index in [1.54, 1.807) is 0 Å². The fourth-order valence-electron chi connectivity index (χ4n) is 2.05. The third-order valence-electron chi connectivity index (χ3n) is 3.11. The largest absolute Gasteiger partial charge is 0.348 e. The first-order valence-electron chi connectivity index (χ1n) is 7.51. The molecule has 0 bridgehead atoms. The number of aromatic nitrogens is 2. The van der Waals surface area contributed by atoms with Crippen molar-refractivity contribution in [2.75, 3.05) is 5.32 Å². The average molecular weight is 352 g/mol. The maximum absolute atomic E-state index is 12.2. The van der Waals surface area contributed by atoms with E-state index in [0.717, 1.165) is 29.1 Å². The smallest absolute Gasteiger partial charge is 0.228 e. The highest BCUT2D eigenvalue weighted by atomic mass is 32.1. The minimum atomic E-state index is -0.319. The minimum Gasteiger partial charge on any atom is -0.348 e. The van der Waals surface area contributed by atoms with E-state index in [1.807, 2.05) is 17.5 Å². The lowest BCUT2D eigenvalue weighted by Crippen LogP contribution is -2.29. The number of carbonyl (C=O) groups is 2. The third-order valence-corrected chi connectivity index (χ3v) is 5.00. The van der Waals surface area contributed by atoms with Crippen LogP contribution in [0.4, 0.5) is 5.13 Å². The molecule has 1 unspecified atom stereocenters. The molecule has 23 heavy (non-hydrogen) atoms. The maximum Gasteiger partial charge on any atom is 0.228 e. The zero-order valence-corrected chi connectivity index (χ0v) is 14.8. The van der Waals surface area contributed by atoms with Gasteiger partial charge in [-0.25, -0.2) is 0 Å². The van der Waals surface area contributed by atoms with E-state index in [0.29, 0.717) is 5.13 Å². The molecule has 0 aliphatic carbocycles. The fraction of sp³-hybridized carbons (Fsp3) is 0.467. The van der Waals surface area contributed by atoms with Gasteiger partial charge in [0.2, 0.25) is 16.9 Å². The van der Waals surface area contributed by atoms with Crippen molar-refractivity contribution in [1.29, 1.82) is 0 Å². The van der Waals surface area contributed by atoms with Gasteiger partial charge in [0.05, 0.1) is 12.5 Å². The Morgan fingerprint density at radius 3 is 2.83 bits per heavy atom. The summed E-state index contributed by atoms with van der Waals surface area (Å²) >= 11 is 2.92. The summed E-state index contributed by atoms with van der Waals surface area (Å²) < 4.78 is 0. The first kappa shape index (κ1) is 17.6. The van der Waals surface area contributed by atoms with Crippen LogP contribution < -0.4 is 10.6 Å². The van der Waals surface area contributed by atoms with Gasteiger partial charge >= 0.3 is 0 Å². The van der Waals surface area contributed by atoms with E-state index < -0.39 is 0 Å². The molecule has 2 heterocycles. The van der Waals surface area contributed by atoms with E-state index >= 15 is 0 Å². The molecule has 0 saturated heterocycles. The highest BCUT2D eigenvalue weighted by Gasteiger charge is 2.19. The first-order chi connectivity index (χ1) is 11.1. The van der Waals surface area contributed by atoms with Gasteiger partial charge in [0, 0.05) is 18.2 Å². The molecule has 6 nitrogen and oxygen atoms in total. The van der Waals surface area contributed by atoms with Gasteiger partial charge in [-0.15, -0.1) is 21.5 Å². The van der Waals surface area contributed by atoms with Gasteiger partial charge in [-0.1, -0.05) is 30.7 Å². The van der Waals surface area contributed by atoms with Crippen molar-refractivity contribution in [1.82, 2.24) is 15.5 Å². The van der Waals surface area contributed by atoms with Crippen molar-refractivity contribution in [2.45, 2.75) is 45.6 Å². The Morgan fingerprint density at radius 2 is 2.17 bits per heavy atom. The maximum atomic E-state index is 12.2. The first-order valence-corrected chi connectivity index (χ1v) is 9.20. The summed E-state index contributed by atoms with van der Waals surface area (Å²) in [5.74, 6) is -0.343. The zero-order valence-electron chi connectivity index (χ0n) is 13.2. The summed E-state index contributed by atoms with van der Waals surface area (Å²) in [5.41, 5.74) is 0. The van der Waals surface area contributed by atoms with Gasteiger partial charge in [-0.2, -0.15) is 0 Å². The quantitative estimate of drug-likeness (QED) is 0.764. The molecule has 1 atom stereocenters. The number of nitrogens with one attached hydrogen (secondary N) is 2.